The van der Waals surface area contributed by atoms with Gasteiger partial charge in [-0.15, -0.1) is 0 Å². The van der Waals surface area contributed by atoms with E-state index in [1.165, 1.54) is 24.3 Å². The number of ether oxygens (including phenoxy) is 1. The number of carbonyl (C=O) groups excluding carboxylic acids is 1. The van der Waals surface area contributed by atoms with Crippen molar-refractivity contribution in [2.75, 3.05) is 12.9 Å². The molecule has 0 atom stereocenters. The maximum atomic E-state index is 14.2. The Morgan fingerprint density at radius 1 is 1.08 bits per heavy atom. The number of carbonyl (C=O) groups is 1. The van der Waals surface area contributed by atoms with Crippen molar-refractivity contribution in [3.8, 4) is 6.07 Å². The van der Waals surface area contributed by atoms with E-state index < -0.39 is 32.3 Å². The van der Waals surface area contributed by atoms with E-state index in [2.05, 4.69) is 0 Å². The monoisotopic (exact) mass is 375 g/mol. The fraction of sp³-hybridized carbons (Fsp3) is 0.111. The van der Waals surface area contributed by atoms with E-state index in [-0.39, 0.29) is 23.3 Å². The Balaban J connectivity index is 2.19. The first-order valence-corrected chi connectivity index (χ1v) is 9.22. The first-order valence-electron chi connectivity index (χ1n) is 7.32. The Kier molecular flexibility index (Phi) is 4.34. The lowest BCUT2D eigenvalue weighted by molar-refractivity contribution is -0.133. The molecule has 0 saturated heterocycles. The SMILES string of the molecule is CS(=O)(=O)c1c(F)cc(C2=C(c3ccc(C#N)cc3)C(=O)OC2)cc1F. The van der Waals surface area contributed by atoms with Gasteiger partial charge in [0.05, 0.1) is 17.2 Å². The van der Waals surface area contributed by atoms with Gasteiger partial charge in [0.1, 0.15) is 23.1 Å². The molecule has 0 unspecified atom stereocenters. The van der Waals surface area contributed by atoms with Crippen molar-refractivity contribution in [2.24, 2.45) is 0 Å². The van der Waals surface area contributed by atoms with Gasteiger partial charge in [0.15, 0.2) is 9.84 Å². The highest BCUT2D eigenvalue weighted by molar-refractivity contribution is 7.90. The third-order valence-corrected chi connectivity index (χ3v) is 5.01. The molecule has 0 radical (unpaired) electrons. The van der Waals surface area contributed by atoms with Crippen molar-refractivity contribution in [1.82, 2.24) is 0 Å². The minimum absolute atomic E-state index is 0.0117. The molecule has 1 aliphatic rings. The van der Waals surface area contributed by atoms with Crippen LogP contribution in [-0.4, -0.2) is 27.2 Å². The molecule has 1 heterocycles. The minimum Gasteiger partial charge on any atom is -0.457 e. The van der Waals surface area contributed by atoms with Crippen molar-refractivity contribution in [3.05, 3.63) is 64.7 Å². The quantitative estimate of drug-likeness (QED) is 0.770. The second kappa shape index (κ2) is 6.35. The van der Waals surface area contributed by atoms with Gasteiger partial charge in [-0.2, -0.15) is 5.26 Å². The predicted octanol–water partition coefficient (Wildman–Crippen LogP) is 2.71. The van der Waals surface area contributed by atoms with Crippen molar-refractivity contribution in [1.29, 1.82) is 5.26 Å². The lowest BCUT2D eigenvalue weighted by atomic mass is 9.96. The topological polar surface area (TPSA) is 84.2 Å². The van der Waals surface area contributed by atoms with Gasteiger partial charge in [-0.05, 0) is 35.4 Å². The van der Waals surface area contributed by atoms with Gasteiger partial charge in [-0.25, -0.2) is 22.0 Å². The Morgan fingerprint density at radius 3 is 2.15 bits per heavy atom. The van der Waals surface area contributed by atoms with Crippen LogP contribution in [0.5, 0.6) is 0 Å². The molecule has 0 saturated carbocycles. The zero-order valence-corrected chi connectivity index (χ0v) is 14.2. The molecule has 0 amide bonds. The first kappa shape index (κ1) is 17.8. The van der Waals surface area contributed by atoms with Crippen LogP contribution in [0.25, 0.3) is 11.1 Å². The van der Waals surface area contributed by atoms with Crippen molar-refractivity contribution >= 4 is 27.0 Å². The number of rotatable bonds is 3. The Hall–Kier alpha value is -3.05. The Labute approximate surface area is 148 Å². The van der Waals surface area contributed by atoms with Crippen LogP contribution in [-0.2, 0) is 19.4 Å². The van der Waals surface area contributed by atoms with Gasteiger partial charge in [0.2, 0.25) is 0 Å². The Morgan fingerprint density at radius 2 is 1.65 bits per heavy atom. The van der Waals surface area contributed by atoms with Crippen molar-refractivity contribution in [3.63, 3.8) is 0 Å². The van der Waals surface area contributed by atoms with E-state index in [1.807, 2.05) is 6.07 Å². The van der Waals surface area contributed by atoms with Gasteiger partial charge < -0.3 is 4.74 Å². The van der Waals surface area contributed by atoms with Gasteiger partial charge in [-0.3, -0.25) is 0 Å². The summed E-state index contributed by atoms with van der Waals surface area (Å²) < 4.78 is 56.4. The average molecular weight is 375 g/mol. The summed E-state index contributed by atoms with van der Waals surface area (Å²) in [6, 6.07) is 9.72. The van der Waals surface area contributed by atoms with E-state index in [0.717, 1.165) is 12.1 Å². The number of nitrogens with zero attached hydrogens (tertiary/aromatic N) is 1. The van der Waals surface area contributed by atoms with Crippen LogP contribution >= 0.6 is 0 Å². The van der Waals surface area contributed by atoms with Crippen LogP contribution in [0.4, 0.5) is 8.78 Å². The largest absolute Gasteiger partial charge is 0.457 e. The highest BCUT2D eigenvalue weighted by atomic mass is 32.2. The molecule has 0 aliphatic carbocycles. The van der Waals surface area contributed by atoms with E-state index in [4.69, 9.17) is 10.00 Å². The van der Waals surface area contributed by atoms with Gasteiger partial charge in [-0.1, -0.05) is 12.1 Å². The highest BCUT2D eigenvalue weighted by Gasteiger charge is 2.29. The number of hydrogen-bond donors (Lipinski definition) is 0. The standard InChI is InChI=1S/C18H11F2NO4S/c1-26(23,24)17-14(19)6-12(7-15(17)20)13-9-25-18(22)16(13)11-4-2-10(8-21)3-5-11/h2-7H,9H2,1H3. The van der Waals surface area contributed by atoms with E-state index >= 15 is 0 Å². The molecular formula is C18H11F2NO4S. The minimum atomic E-state index is -4.08. The molecule has 2 aromatic rings. The summed E-state index contributed by atoms with van der Waals surface area (Å²) in [5, 5.41) is 8.84. The molecule has 8 heteroatoms. The molecule has 0 fully saturated rings. The third-order valence-electron chi connectivity index (χ3n) is 3.87. The molecule has 0 aromatic heterocycles. The molecule has 3 rings (SSSR count). The molecule has 0 bridgehead atoms. The van der Waals surface area contributed by atoms with Crippen molar-refractivity contribution in [2.45, 2.75) is 4.90 Å². The molecule has 132 valence electrons. The second-order valence-electron chi connectivity index (χ2n) is 5.66. The summed E-state index contributed by atoms with van der Waals surface area (Å²) in [4.78, 5) is 11.1. The lowest BCUT2D eigenvalue weighted by Gasteiger charge is -2.08. The zero-order valence-electron chi connectivity index (χ0n) is 13.4. The van der Waals surface area contributed by atoms with E-state index in [0.29, 0.717) is 17.4 Å². The second-order valence-corrected chi connectivity index (χ2v) is 7.61. The van der Waals surface area contributed by atoms with Gasteiger partial charge in [0.25, 0.3) is 0 Å². The fourth-order valence-electron chi connectivity index (χ4n) is 2.72. The molecule has 0 spiro atoms. The van der Waals surface area contributed by atoms with Crippen LogP contribution in [0.3, 0.4) is 0 Å². The van der Waals surface area contributed by atoms with Crippen LogP contribution < -0.4 is 0 Å². The molecule has 0 N–H and O–H groups in total. The number of halogens is 2. The maximum absolute atomic E-state index is 14.2. The molecular weight excluding hydrogens is 364 g/mol. The molecule has 26 heavy (non-hydrogen) atoms. The number of esters is 1. The first-order chi connectivity index (χ1) is 12.2. The summed E-state index contributed by atoms with van der Waals surface area (Å²) in [6.07, 6.45) is 0.706. The van der Waals surface area contributed by atoms with Crippen molar-refractivity contribution < 1.29 is 26.7 Å². The third kappa shape index (κ3) is 3.09. The smallest absolute Gasteiger partial charge is 0.339 e. The van der Waals surface area contributed by atoms with Crippen LogP contribution in [0.1, 0.15) is 16.7 Å². The summed E-state index contributed by atoms with van der Waals surface area (Å²) in [6.45, 7) is -0.203. The predicted molar refractivity (Wildman–Crippen MR) is 88.4 cm³/mol. The average Bonchev–Trinajstić information content (AvgIpc) is 2.94. The number of hydrogen-bond acceptors (Lipinski definition) is 5. The van der Waals surface area contributed by atoms with Gasteiger partial charge in [0, 0.05) is 11.8 Å². The number of benzene rings is 2. The molecule has 1 aliphatic heterocycles. The highest BCUT2D eigenvalue weighted by Crippen LogP contribution is 2.34. The number of nitriles is 1. The molecule has 5 nitrogen and oxygen atoms in total. The number of sulfone groups is 1. The Bertz CT molecular complexity index is 1070. The number of cyclic esters (lactones) is 1. The fourth-order valence-corrected chi connectivity index (χ4v) is 3.55. The van der Waals surface area contributed by atoms with Crippen LogP contribution in [0.2, 0.25) is 0 Å². The van der Waals surface area contributed by atoms with Gasteiger partial charge >= 0.3 is 5.97 Å². The lowest BCUT2D eigenvalue weighted by Crippen LogP contribution is -2.06. The molecule has 2 aromatic carbocycles. The van der Waals surface area contributed by atoms with Crippen LogP contribution in [0.15, 0.2) is 41.3 Å². The summed E-state index contributed by atoms with van der Waals surface area (Å²) in [5.41, 5.74) is 1.17. The summed E-state index contributed by atoms with van der Waals surface area (Å²) in [5.74, 6) is -3.15. The zero-order chi connectivity index (χ0) is 19.1. The van der Waals surface area contributed by atoms with E-state index in [1.54, 1.807) is 0 Å². The maximum Gasteiger partial charge on any atom is 0.339 e. The van der Waals surface area contributed by atoms with E-state index in [9.17, 15) is 22.0 Å². The van der Waals surface area contributed by atoms with Crippen LogP contribution in [0, 0.1) is 23.0 Å². The summed E-state index contributed by atoms with van der Waals surface area (Å²) in [7, 11) is -4.08. The summed E-state index contributed by atoms with van der Waals surface area (Å²) >= 11 is 0. The normalized spacial score (nSPS) is 14.3.